The summed E-state index contributed by atoms with van der Waals surface area (Å²) in [5.74, 6) is 0.0583. The average molecular weight is 466 g/mol. The summed E-state index contributed by atoms with van der Waals surface area (Å²) in [6, 6.07) is 14.4. The number of rotatable bonds is 3. The lowest BCUT2D eigenvalue weighted by atomic mass is 9.83. The fraction of sp³-hybridized carbons (Fsp3) is 0.115. The number of hydrogen-bond donors (Lipinski definition) is 1. The van der Waals surface area contributed by atoms with Crippen molar-refractivity contribution in [3.05, 3.63) is 95.1 Å². The van der Waals surface area contributed by atoms with Gasteiger partial charge in [0.05, 0.1) is 17.8 Å². The van der Waals surface area contributed by atoms with Crippen LogP contribution in [-0.2, 0) is 7.05 Å². The summed E-state index contributed by atoms with van der Waals surface area (Å²) >= 11 is 0. The van der Waals surface area contributed by atoms with E-state index in [2.05, 4.69) is 16.2 Å². The van der Waals surface area contributed by atoms with Gasteiger partial charge in [0.1, 0.15) is 28.7 Å². The first-order valence-electron chi connectivity index (χ1n) is 10.9. The van der Waals surface area contributed by atoms with E-state index in [0.29, 0.717) is 33.9 Å². The molecule has 1 atom stereocenters. The van der Waals surface area contributed by atoms with Crippen molar-refractivity contribution in [1.82, 2.24) is 19.3 Å². The van der Waals surface area contributed by atoms with E-state index in [1.807, 2.05) is 42.0 Å². The first-order chi connectivity index (χ1) is 17.0. The smallest absolute Gasteiger partial charge is 0.224 e. The van der Waals surface area contributed by atoms with Gasteiger partial charge in [-0.25, -0.2) is 14.1 Å². The lowest BCUT2D eigenvalue weighted by molar-refractivity contribution is 0.358. The molecule has 0 saturated carbocycles. The molecule has 0 aliphatic carbocycles. The minimum atomic E-state index is -0.534. The number of nitrogens with two attached hydrogens (primary N) is 1. The van der Waals surface area contributed by atoms with E-state index in [9.17, 15) is 9.65 Å². The molecular formula is C26H19FN6O2. The van der Waals surface area contributed by atoms with E-state index in [0.717, 1.165) is 16.8 Å². The molecular weight excluding hydrogens is 447 g/mol. The predicted molar refractivity (Wildman–Crippen MR) is 126 cm³/mol. The number of halogens is 1. The molecule has 1 unspecified atom stereocenters. The normalized spacial score (nSPS) is 15.2. The van der Waals surface area contributed by atoms with Gasteiger partial charge in [0.15, 0.2) is 5.76 Å². The third kappa shape index (κ3) is 3.11. The Bertz CT molecular complexity index is 1670. The molecule has 0 radical (unpaired) electrons. The van der Waals surface area contributed by atoms with E-state index in [-0.39, 0.29) is 17.3 Å². The first-order valence-corrected chi connectivity index (χ1v) is 10.9. The van der Waals surface area contributed by atoms with Crippen LogP contribution in [0.3, 0.4) is 0 Å². The largest absolute Gasteiger partial charge is 0.454 e. The Morgan fingerprint density at radius 3 is 2.69 bits per heavy atom. The Labute approximate surface area is 199 Å². The van der Waals surface area contributed by atoms with Gasteiger partial charge in [-0.3, -0.25) is 0 Å². The molecule has 0 amide bonds. The standard InChI is InChI=1S/C26H19FN6O2/c1-14-18-11-16(27)5-8-20(18)34-24(14)23-22-21(19(12-28)25(29)35-26(22)32(2)31-23)15-3-6-17(7-4-15)33-10-9-30-13-33/h3-11,13,21H,29H2,1-2H3. The number of aryl methyl sites for hydroxylation is 2. The summed E-state index contributed by atoms with van der Waals surface area (Å²) in [5, 5.41) is 15.4. The maximum atomic E-state index is 13.9. The van der Waals surface area contributed by atoms with Crippen LogP contribution in [0.1, 0.15) is 22.6 Å². The van der Waals surface area contributed by atoms with Crippen molar-refractivity contribution in [2.24, 2.45) is 12.8 Å². The number of allylic oxidation sites excluding steroid dienone is 1. The van der Waals surface area contributed by atoms with E-state index >= 15 is 0 Å². The number of nitrogens with zero attached hydrogens (tertiary/aromatic N) is 5. The van der Waals surface area contributed by atoms with Gasteiger partial charge in [0, 0.05) is 36.1 Å². The molecule has 9 heteroatoms. The highest BCUT2D eigenvalue weighted by molar-refractivity contribution is 5.88. The van der Waals surface area contributed by atoms with Crippen LogP contribution in [0.4, 0.5) is 4.39 Å². The Kier molecular flexibility index (Phi) is 4.50. The third-order valence-corrected chi connectivity index (χ3v) is 6.34. The van der Waals surface area contributed by atoms with E-state index in [4.69, 9.17) is 14.9 Å². The van der Waals surface area contributed by atoms with Crippen molar-refractivity contribution in [2.75, 3.05) is 0 Å². The Hall–Kier alpha value is -4.84. The van der Waals surface area contributed by atoms with E-state index in [1.54, 1.807) is 30.3 Å². The van der Waals surface area contributed by atoms with Gasteiger partial charge in [-0.1, -0.05) is 12.1 Å². The molecule has 35 heavy (non-hydrogen) atoms. The SMILES string of the molecule is Cc1c(-c2nn(C)c3c2C(c2ccc(-n4ccnc4)cc2)C(C#N)=C(N)O3)oc2ccc(F)cc12. The van der Waals surface area contributed by atoms with Gasteiger partial charge >= 0.3 is 0 Å². The summed E-state index contributed by atoms with van der Waals surface area (Å²) in [5.41, 5.74) is 10.7. The molecule has 8 nitrogen and oxygen atoms in total. The predicted octanol–water partition coefficient (Wildman–Crippen LogP) is 4.68. The molecule has 1 aliphatic rings. The monoisotopic (exact) mass is 466 g/mol. The Morgan fingerprint density at radius 2 is 1.97 bits per heavy atom. The zero-order valence-corrected chi connectivity index (χ0v) is 18.9. The van der Waals surface area contributed by atoms with Crippen LogP contribution in [0.25, 0.3) is 28.1 Å². The second kappa shape index (κ2) is 7.60. The van der Waals surface area contributed by atoms with Crippen LogP contribution in [0, 0.1) is 24.1 Å². The summed E-state index contributed by atoms with van der Waals surface area (Å²) in [6.45, 7) is 1.86. The highest BCUT2D eigenvalue weighted by Crippen LogP contribution is 2.48. The molecule has 1 aliphatic heterocycles. The van der Waals surface area contributed by atoms with Crippen LogP contribution < -0.4 is 10.5 Å². The molecule has 0 bridgehead atoms. The number of furan rings is 1. The number of benzene rings is 2. The maximum Gasteiger partial charge on any atom is 0.224 e. The molecule has 172 valence electrons. The second-order valence-corrected chi connectivity index (χ2v) is 8.37. The van der Waals surface area contributed by atoms with Crippen LogP contribution in [-0.4, -0.2) is 19.3 Å². The fourth-order valence-electron chi connectivity index (χ4n) is 4.64. The molecule has 2 aromatic carbocycles. The van der Waals surface area contributed by atoms with Gasteiger partial charge in [0.2, 0.25) is 11.8 Å². The van der Waals surface area contributed by atoms with E-state index < -0.39 is 5.92 Å². The summed E-state index contributed by atoms with van der Waals surface area (Å²) in [7, 11) is 1.74. The van der Waals surface area contributed by atoms with E-state index in [1.165, 1.54) is 12.1 Å². The number of aromatic nitrogens is 4. The number of imidazole rings is 1. The van der Waals surface area contributed by atoms with Gasteiger partial charge in [-0.05, 0) is 42.8 Å². The molecule has 0 fully saturated rings. The molecule has 4 heterocycles. The van der Waals surface area contributed by atoms with Crippen LogP contribution in [0.5, 0.6) is 5.88 Å². The van der Waals surface area contributed by atoms with Gasteiger partial charge in [0.25, 0.3) is 0 Å². The number of nitriles is 1. The van der Waals surface area contributed by atoms with Crippen LogP contribution >= 0.6 is 0 Å². The summed E-state index contributed by atoms with van der Waals surface area (Å²) in [6.07, 6.45) is 5.28. The van der Waals surface area contributed by atoms with Crippen molar-refractivity contribution >= 4 is 11.0 Å². The first kappa shape index (κ1) is 20.7. The van der Waals surface area contributed by atoms with Crippen molar-refractivity contribution in [3.8, 4) is 29.1 Å². The topological polar surface area (TPSA) is 108 Å². The number of hydrogen-bond acceptors (Lipinski definition) is 6. The zero-order valence-electron chi connectivity index (χ0n) is 18.9. The van der Waals surface area contributed by atoms with Crippen molar-refractivity contribution in [2.45, 2.75) is 12.8 Å². The summed E-state index contributed by atoms with van der Waals surface area (Å²) in [4.78, 5) is 4.09. The van der Waals surface area contributed by atoms with Crippen molar-refractivity contribution in [1.29, 1.82) is 5.26 Å². The number of ether oxygens (including phenoxy) is 1. The van der Waals surface area contributed by atoms with Crippen molar-refractivity contribution < 1.29 is 13.5 Å². The molecule has 0 spiro atoms. The third-order valence-electron chi connectivity index (χ3n) is 6.34. The lowest BCUT2D eigenvalue weighted by Gasteiger charge is -2.24. The van der Waals surface area contributed by atoms with Gasteiger partial charge < -0.3 is 19.5 Å². The fourth-order valence-corrected chi connectivity index (χ4v) is 4.64. The average Bonchev–Trinajstić information content (AvgIpc) is 3.58. The second-order valence-electron chi connectivity index (χ2n) is 8.37. The quantitative estimate of drug-likeness (QED) is 0.414. The molecule has 5 aromatic rings. The number of fused-ring (bicyclic) bond motifs is 2. The molecule has 0 saturated heterocycles. The van der Waals surface area contributed by atoms with Crippen molar-refractivity contribution in [3.63, 3.8) is 0 Å². The molecule has 3 aromatic heterocycles. The zero-order chi connectivity index (χ0) is 24.3. The minimum absolute atomic E-state index is 0.0293. The molecule has 6 rings (SSSR count). The minimum Gasteiger partial charge on any atom is -0.454 e. The van der Waals surface area contributed by atoms with Crippen LogP contribution in [0.15, 0.2) is 77.1 Å². The Morgan fingerprint density at radius 1 is 1.17 bits per heavy atom. The highest BCUT2D eigenvalue weighted by atomic mass is 19.1. The lowest BCUT2D eigenvalue weighted by Crippen LogP contribution is -2.21. The highest BCUT2D eigenvalue weighted by Gasteiger charge is 2.38. The maximum absolute atomic E-state index is 13.9. The summed E-state index contributed by atoms with van der Waals surface area (Å²) < 4.78 is 29.4. The Balaban J connectivity index is 1.56. The molecule has 2 N–H and O–H groups in total. The van der Waals surface area contributed by atoms with Gasteiger partial charge in [-0.2, -0.15) is 10.4 Å². The van der Waals surface area contributed by atoms with Crippen LogP contribution in [0.2, 0.25) is 0 Å². The van der Waals surface area contributed by atoms with Gasteiger partial charge in [-0.15, -0.1) is 0 Å².